The minimum Gasteiger partial charge on any atom is -0.408 e. The maximum absolute atomic E-state index is 12.0. The third-order valence-electron chi connectivity index (χ3n) is 2.04. The van der Waals surface area contributed by atoms with Crippen molar-refractivity contribution in [1.82, 2.24) is 15.2 Å². The molecule has 96 valence electrons. The first-order chi connectivity index (χ1) is 8.53. The lowest BCUT2D eigenvalue weighted by atomic mass is 10.4. The number of anilines is 2. The highest BCUT2D eigenvalue weighted by Crippen LogP contribution is 2.19. The van der Waals surface area contributed by atoms with Crippen molar-refractivity contribution < 1.29 is 12.8 Å². The molecule has 0 saturated heterocycles. The van der Waals surface area contributed by atoms with Crippen molar-refractivity contribution in [3.8, 4) is 0 Å². The number of aromatic nitrogens is 3. The van der Waals surface area contributed by atoms with E-state index in [-0.39, 0.29) is 16.9 Å². The van der Waals surface area contributed by atoms with Crippen LogP contribution in [0.25, 0.3) is 0 Å². The van der Waals surface area contributed by atoms with Crippen molar-refractivity contribution in [1.29, 1.82) is 0 Å². The van der Waals surface area contributed by atoms with Crippen LogP contribution in [0.2, 0.25) is 0 Å². The van der Waals surface area contributed by atoms with E-state index in [1.807, 2.05) is 0 Å². The second-order valence-corrected chi connectivity index (χ2v) is 4.94. The third-order valence-corrected chi connectivity index (χ3v) is 3.32. The quantitative estimate of drug-likeness (QED) is 0.836. The summed E-state index contributed by atoms with van der Waals surface area (Å²) >= 11 is 0. The minimum absolute atomic E-state index is 0.136. The summed E-state index contributed by atoms with van der Waals surface area (Å²) in [6.45, 7) is 1.56. The Morgan fingerprint density at radius 2 is 2.11 bits per heavy atom. The molecule has 0 bridgehead atoms. The number of aryl methyl sites for hydroxylation is 1. The molecule has 0 aliphatic carbocycles. The van der Waals surface area contributed by atoms with Crippen molar-refractivity contribution in [2.75, 3.05) is 17.1 Å². The Balaban J connectivity index is 2.36. The molecule has 0 aliphatic heterocycles. The van der Waals surface area contributed by atoms with E-state index in [9.17, 15) is 8.42 Å². The fourth-order valence-electron chi connectivity index (χ4n) is 1.30. The number of pyridine rings is 1. The molecule has 2 rings (SSSR count). The number of hydrogen-bond acceptors (Lipinski definition) is 7. The van der Waals surface area contributed by atoms with Crippen LogP contribution in [0.5, 0.6) is 0 Å². The summed E-state index contributed by atoms with van der Waals surface area (Å²) in [5.74, 6) is 0.266. The second-order valence-electron chi connectivity index (χ2n) is 3.34. The predicted molar refractivity (Wildman–Crippen MR) is 63.6 cm³/mol. The zero-order valence-corrected chi connectivity index (χ0v) is 10.5. The van der Waals surface area contributed by atoms with Crippen molar-refractivity contribution in [2.45, 2.75) is 11.9 Å². The van der Waals surface area contributed by atoms with Gasteiger partial charge in [0.2, 0.25) is 5.89 Å². The van der Waals surface area contributed by atoms with Gasteiger partial charge in [0.15, 0.2) is 5.03 Å². The van der Waals surface area contributed by atoms with Gasteiger partial charge in [-0.05, 0) is 12.1 Å². The Hall–Kier alpha value is -2.16. The van der Waals surface area contributed by atoms with Gasteiger partial charge in [-0.1, -0.05) is 5.10 Å². The van der Waals surface area contributed by atoms with Gasteiger partial charge in [0, 0.05) is 20.2 Å². The summed E-state index contributed by atoms with van der Waals surface area (Å²) in [6, 6.07) is 3.03. The van der Waals surface area contributed by atoms with Crippen LogP contribution >= 0.6 is 0 Å². The molecule has 9 heteroatoms. The van der Waals surface area contributed by atoms with Crippen LogP contribution < -0.4 is 10.0 Å². The average molecular weight is 269 g/mol. The molecular formula is C9H11N5O3S. The molecule has 0 saturated carbocycles. The number of hydrogen-bond donors (Lipinski definition) is 2. The number of nitrogens with one attached hydrogen (secondary N) is 2. The van der Waals surface area contributed by atoms with Gasteiger partial charge in [-0.3, -0.25) is 0 Å². The molecule has 0 aromatic carbocycles. The van der Waals surface area contributed by atoms with Crippen molar-refractivity contribution in [2.24, 2.45) is 0 Å². The average Bonchev–Trinajstić information content (AvgIpc) is 2.74. The molecule has 0 unspecified atom stereocenters. The van der Waals surface area contributed by atoms with Gasteiger partial charge in [0.1, 0.15) is 0 Å². The molecule has 2 N–H and O–H groups in total. The normalized spacial score (nSPS) is 11.2. The van der Waals surface area contributed by atoms with E-state index in [2.05, 4.69) is 25.2 Å². The maximum atomic E-state index is 12.0. The maximum Gasteiger partial charge on any atom is 0.329 e. The molecule has 0 aliphatic rings. The Kier molecular flexibility index (Phi) is 3.15. The first kappa shape index (κ1) is 12.3. The minimum atomic E-state index is -3.86. The third kappa shape index (κ3) is 2.40. The monoisotopic (exact) mass is 269 g/mol. The van der Waals surface area contributed by atoms with Crippen LogP contribution in [0.4, 0.5) is 11.7 Å². The van der Waals surface area contributed by atoms with E-state index in [1.54, 1.807) is 26.1 Å². The van der Waals surface area contributed by atoms with E-state index in [0.717, 1.165) is 0 Å². The Bertz CT molecular complexity index is 652. The summed E-state index contributed by atoms with van der Waals surface area (Å²) in [5.41, 5.74) is 0.376. The van der Waals surface area contributed by atoms with Gasteiger partial charge >= 0.3 is 6.01 Å². The Morgan fingerprint density at radius 3 is 2.72 bits per heavy atom. The summed E-state index contributed by atoms with van der Waals surface area (Å²) in [4.78, 5) is 3.82. The molecule has 18 heavy (non-hydrogen) atoms. The molecule has 0 fully saturated rings. The van der Waals surface area contributed by atoms with E-state index < -0.39 is 10.0 Å². The van der Waals surface area contributed by atoms with Crippen LogP contribution in [0.3, 0.4) is 0 Å². The van der Waals surface area contributed by atoms with Gasteiger partial charge < -0.3 is 9.73 Å². The molecular weight excluding hydrogens is 258 g/mol. The van der Waals surface area contributed by atoms with Crippen LogP contribution in [-0.2, 0) is 10.0 Å². The summed E-state index contributed by atoms with van der Waals surface area (Å²) in [7, 11) is -2.26. The zero-order chi connectivity index (χ0) is 13.2. The molecule has 2 aromatic rings. The van der Waals surface area contributed by atoms with Crippen molar-refractivity contribution >= 4 is 21.7 Å². The van der Waals surface area contributed by atoms with Crippen molar-refractivity contribution in [3.63, 3.8) is 0 Å². The second kappa shape index (κ2) is 4.61. The van der Waals surface area contributed by atoms with Crippen molar-refractivity contribution in [3.05, 3.63) is 24.2 Å². The van der Waals surface area contributed by atoms with E-state index in [0.29, 0.717) is 5.69 Å². The van der Waals surface area contributed by atoms with E-state index in [1.165, 1.54) is 6.20 Å². The highest BCUT2D eigenvalue weighted by Gasteiger charge is 2.22. The smallest absolute Gasteiger partial charge is 0.329 e. The van der Waals surface area contributed by atoms with Crippen LogP contribution in [-0.4, -0.2) is 30.6 Å². The predicted octanol–water partition coefficient (Wildman–Crippen LogP) is 0.616. The van der Waals surface area contributed by atoms with Crippen LogP contribution in [0.15, 0.2) is 27.8 Å². The summed E-state index contributed by atoms with van der Waals surface area (Å²) in [6.07, 6.45) is 1.38. The fraction of sp³-hybridized carbons (Fsp3) is 0.222. The Morgan fingerprint density at radius 1 is 1.33 bits per heavy atom. The highest BCUT2D eigenvalue weighted by atomic mass is 32.2. The van der Waals surface area contributed by atoms with E-state index in [4.69, 9.17) is 4.42 Å². The Labute approximate surface area is 104 Å². The molecule has 2 aromatic heterocycles. The molecule has 2 heterocycles. The first-order valence-electron chi connectivity index (χ1n) is 4.98. The van der Waals surface area contributed by atoms with Gasteiger partial charge in [0.25, 0.3) is 10.0 Å². The van der Waals surface area contributed by atoms with Crippen LogP contribution in [0, 0.1) is 6.92 Å². The van der Waals surface area contributed by atoms with Gasteiger partial charge in [-0.2, -0.15) is 8.42 Å². The number of sulfonamides is 1. The summed E-state index contributed by atoms with van der Waals surface area (Å²) < 4.78 is 31.2. The molecule has 8 nitrogen and oxygen atoms in total. The highest BCUT2D eigenvalue weighted by molar-refractivity contribution is 7.92. The topological polar surface area (TPSA) is 110 Å². The lowest BCUT2D eigenvalue weighted by Crippen LogP contribution is -2.16. The SMILES string of the molecule is CNc1cccnc1S(=O)(=O)Nc1nnc(C)o1. The van der Waals surface area contributed by atoms with E-state index >= 15 is 0 Å². The molecule has 0 radical (unpaired) electrons. The number of rotatable bonds is 4. The standard InChI is InChI=1S/C9H11N5O3S/c1-6-12-13-9(17-6)14-18(15,16)8-7(10-2)4-3-5-11-8/h3-5,10H,1-2H3,(H,13,14). The van der Waals surface area contributed by atoms with Gasteiger partial charge in [-0.15, -0.1) is 5.10 Å². The molecule has 0 atom stereocenters. The number of nitrogens with zero attached hydrogens (tertiary/aromatic N) is 3. The summed E-state index contributed by atoms with van der Waals surface area (Å²) in [5, 5.41) is 9.69. The van der Waals surface area contributed by atoms with Gasteiger partial charge in [-0.25, -0.2) is 9.71 Å². The van der Waals surface area contributed by atoms with Gasteiger partial charge in [0.05, 0.1) is 5.69 Å². The lowest BCUT2D eigenvalue weighted by molar-refractivity contribution is 0.534. The fourth-order valence-corrected chi connectivity index (χ4v) is 2.36. The lowest BCUT2D eigenvalue weighted by Gasteiger charge is -2.07. The van der Waals surface area contributed by atoms with Crippen LogP contribution in [0.1, 0.15) is 5.89 Å². The largest absolute Gasteiger partial charge is 0.408 e. The first-order valence-corrected chi connectivity index (χ1v) is 6.47. The molecule has 0 spiro atoms. The zero-order valence-electron chi connectivity index (χ0n) is 9.71. The molecule has 0 amide bonds.